The van der Waals surface area contributed by atoms with Gasteiger partial charge in [-0.2, -0.15) is 0 Å². The number of hydrogen-bond donors (Lipinski definition) is 2. The number of nitrogens with one attached hydrogen (secondary N) is 2. The molecule has 0 bridgehead atoms. The molecular formula is C15H20N2O4S. The minimum absolute atomic E-state index is 0.00331. The lowest BCUT2D eigenvalue weighted by Gasteiger charge is -2.21. The molecule has 2 rings (SSSR count). The summed E-state index contributed by atoms with van der Waals surface area (Å²) in [5, 5.41) is 4.43. The van der Waals surface area contributed by atoms with Crippen LogP contribution in [0.3, 0.4) is 0 Å². The van der Waals surface area contributed by atoms with Crippen LogP contribution in [0, 0.1) is 0 Å². The second kappa shape index (κ2) is 6.08. The molecule has 0 aromatic heterocycles. The summed E-state index contributed by atoms with van der Waals surface area (Å²) >= 11 is 0. The fraction of sp³-hybridized carbons (Fsp3) is 0.467. The smallest absolute Gasteiger partial charge is 0.238 e. The molecule has 0 aliphatic carbocycles. The van der Waals surface area contributed by atoms with Crippen LogP contribution in [0.1, 0.15) is 37.4 Å². The van der Waals surface area contributed by atoms with Gasteiger partial charge in [0.15, 0.2) is 9.84 Å². The maximum atomic E-state index is 12.0. The predicted octanol–water partition coefficient (Wildman–Crippen LogP) is 1.18. The average Bonchev–Trinajstić information content (AvgIpc) is 2.44. The minimum Gasteiger partial charge on any atom is -0.348 e. The maximum Gasteiger partial charge on any atom is 0.238 e. The van der Waals surface area contributed by atoms with Crippen molar-refractivity contribution < 1.29 is 18.0 Å². The van der Waals surface area contributed by atoms with Crippen LogP contribution in [0.5, 0.6) is 0 Å². The number of aryl methyl sites for hydroxylation is 1. The van der Waals surface area contributed by atoms with E-state index in [-0.39, 0.29) is 11.9 Å². The van der Waals surface area contributed by atoms with Crippen molar-refractivity contribution in [3.63, 3.8) is 0 Å². The Bertz CT molecular complexity index is 712. The molecule has 1 heterocycles. The fourth-order valence-electron chi connectivity index (χ4n) is 2.28. The van der Waals surface area contributed by atoms with E-state index in [0.29, 0.717) is 12.8 Å². The largest absolute Gasteiger partial charge is 0.348 e. The molecule has 22 heavy (non-hydrogen) atoms. The number of carbonyl (C=O) groups is 2. The molecule has 0 unspecified atom stereocenters. The Balaban J connectivity index is 2.12. The third-order valence-corrected chi connectivity index (χ3v) is 5.39. The van der Waals surface area contributed by atoms with Gasteiger partial charge in [0.05, 0.1) is 6.04 Å². The minimum atomic E-state index is -3.41. The van der Waals surface area contributed by atoms with Gasteiger partial charge in [0.25, 0.3) is 0 Å². The van der Waals surface area contributed by atoms with E-state index in [4.69, 9.17) is 0 Å². The number of amides is 2. The van der Waals surface area contributed by atoms with Gasteiger partial charge in [-0.1, -0.05) is 12.1 Å². The van der Waals surface area contributed by atoms with Gasteiger partial charge in [-0.15, -0.1) is 0 Å². The zero-order chi connectivity index (χ0) is 16.5. The Morgan fingerprint density at radius 3 is 2.59 bits per heavy atom. The molecule has 0 spiro atoms. The quantitative estimate of drug-likeness (QED) is 0.870. The van der Waals surface area contributed by atoms with Crippen molar-refractivity contribution in [2.75, 3.05) is 11.6 Å². The molecule has 0 fully saturated rings. The summed E-state index contributed by atoms with van der Waals surface area (Å²) in [7, 11) is -3.41. The van der Waals surface area contributed by atoms with Crippen LogP contribution in [0.15, 0.2) is 18.2 Å². The van der Waals surface area contributed by atoms with E-state index < -0.39 is 21.0 Å². The number of rotatable bonds is 4. The lowest BCUT2D eigenvalue weighted by atomic mass is 9.98. The molecule has 2 atom stereocenters. The first-order valence-corrected chi connectivity index (χ1v) is 9.06. The first-order chi connectivity index (χ1) is 10.2. The van der Waals surface area contributed by atoms with Crippen molar-refractivity contribution in [1.29, 1.82) is 0 Å². The summed E-state index contributed by atoms with van der Waals surface area (Å²) < 4.78 is 22.8. The number of hydrogen-bond acceptors (Lipinski definition) is 4. The summed E-state index contributed by atoms with van der Waals surface area (Å²) in [6.07, 6.45) is 2.15. The van der Waals surface area contributed by atoms with Crippen molar-refractivity contribution in [3.8, 4) is 0 Å². The highest BCUT2D eigenvalue weighted by Crippen LogP contribution is 2.26. The molecule has 2 amide bonds. The molecule has 6 nitrogen and oxygen atoms in total. The van der Waals surface area contributed by atoms with E-state index in [1.165, 1.54) is 6.92 Å². The lowest BCUT2D eigenvalue weighted by molar-refractivity contribution is -0.121. The second-order valence-electron chi connectivity index (χ2n) is 5.67. The zero-order valence-electron chi connectivity index (χ0n) is 12.8. The molecular weight excluding hydrogens is 304 g/mol. The normalized spacial score (nSPS) is 17.1. The molecule has 120 valence electrons. The van der Waals surface area contributed by atoms with Crippen LogP contribution in [-0.2, 0) is 25.8 Å². The number of sulfone groups is 1. The molecule has 0 saturated carbocycles. The highest BCUT2D eigenvalue weighted by molar-refractivity contribution is 7.92. The average molecular weight is 324 g/mol. The topological polar surface area (TPSA) is 92.3 Å². The third-order valence-electron chi connectivity index (χ3n) is 3.90. The molecule has 0 saturated heterocycles. The zero-order valence-corrected chi connectivity index (χ0v) is 13.7. The fourth-order valence-corrected chi connectivity index (χ4v) is 2.74. The summed E-state index contributed by atoms with van der Waals surface area (Å²) in [5.41, 5.74) is 2.70. The van der Waals surface area contributed by atoms with Crippen molar-refractivity contribution in [2.24, 2.45) is 0 Å². The first kappa shape index (κ1) is 16.5. The van der Waals surface area contributed by atoms with Gasteiger partial charge < -0.3 is 10.6 Å². The van der Waals surface area contributed by atoms with Crippen molar-refractivity contribution >= 4 is 27.3 Å². The summed E-state index contributed by atoms with van der Waals surface area (Å²) in [4.78, 5) is 23.3. The van der Waals surface area contributed by atoms with Crippen LogP contribution < -0.4 is 10.6 Å². The highest BCUT2D eigenvalue weighted by Gasteiger charge is 2.25. The highest BCUT2D eigenvalue weighted by atomic mass is 32.2. The lowest BCUT2D eigenvalue weighted by Crippen LogP contribution is -2.38. The SMILES string of the molecule is C[C@H](NC(=O)[C@H](C)S(C)(=O)=O)c1ccc2c(c1)CCC(=O)N2. The van der Waals surface area contributed by atoms with Gasteiger partial charge in [-0.05, 0) is 37.5 Å². The summed E-state index contributed by atoms with van der Waals surface area (Å²) in [5.74, 6) is -0.510. The van der Waals surface area contributed by atoms with E-state index in [2.05, 4.69) is 10.6 Å². The van der Waals surface area contributed by atoms with Crippen LogP contribution in [0.4, 0.5) is 5.69 Å². The molecule has 0 radical (unpaired) electrons. The summed E-state index contributed by atoms with van der Waals surface area (Å²) in [6.45, 7) is 3.18. The Hall–Kier alpha value is -1.89. The maximum absolute atomic E-state index is 12.0. The summed E-state index contributed by atoms with van der Waals surface area (Å²) in [6, 6.07) is 5.26. The molecule has 7 heteroatoms. The number of carbonyl (C=O) groups excluding carboxylic acids is 2. The molecule has 2 N–H and O–H groups in total. The Kier molecular flexibility index (Phi) is 4.55. The van der Waals surface area contributed by atoms with Crippen LogP contribution >= 0.6 is 0 Å². The van der Waals surface area contributed by atoms with Gasteiger partial charge >= 0.3 is 0 Å². The van der Waals surface area contributed by atoms with E-state index >= 15 is 0 Å². The monoisotopic (exact) mass is 324 g/mol. The third kappa shape index (κ3) is 3.65. The number of benzene rings is 1. The van der Waals surface area contributed by atoms with Crippen LogP contribution in [-0.4, -0.2) is 31.7 Å². The van der Waals surface area contributed by atoms with Crippen LogP contribution in [0.2, 0.25) is 0 Å². The van der Waals surface area contributed by atoms with Crippen LogP contribution in [0.25, 0.3) is 0 Å². The van der Waals surface area contributed by atoms with Gasteiger partial charge in [-0.25, -0.2) is 8.42 Å². The Labute approximate surface area is 130 Å². The molecule has 1 aromatic rings. The van der Waals surface area contributed by atoms with Gasteiger partial charge in [0, 0.05) is 18.4 Å². The van der Waals surface area contributed by atoms with Gasteiger partial charge in [-0.3, -0.25) is 9.59 Å². The molecule has 1 aliphatic rings. The molecule has 1 aromatic carbocycles. The van der Waals surface area contributed by atoms with E-state index in [9.17, 15) is 18.0 Å². The standard InChI is InChI=1S/C15H20N2O4S/c1-9(16-15(19)10(2)22(3,20)21)11-4-6-13-12(8-11)5-7-14(18)17-13/h4,6,8-10H,5,7H2,1-3H3,(H,16,19)(H,17,18)/t9-,10-/m0/s1. The number of fused-ring (bicyclic) bond motifs is 1. The Morgan fingerprint density at radius 1 is 1.27 bits per heavy atom. The van der Waals surface area contributed by atoms with E-state index in [0.717, 1.165) is 23.1 Å². The van der Waals surface area contributed by atoms with Crippen molar-refractivity contribution in [3.05, 3.63) is 29.3 Å². The van der Waals surface area contributed by atoms with Crippen molar-refractivity contribution in [2.45, 2.75) is 38.0 Å². The van der Waals surface area contributed by atoms with E-state index in [1.54, 1.807) is 6.92 Å². The number of anilines is 1. The van der Waals surface area contributed by atoms with Crippen molar-refractivity contribution in [1.82, 2.24) is 5.32 Å². The first-order valence-electron chi connectivity index (χ1n) is 7.10. The molecule has 1 aliphatic heterocycles. The predicted molar refractivity (Wildman–Crippen MR) is 84.3 cm³/mol. The Morgan fingerprint density at radius 2 is 1.95 bits per heavy atom. The second-order valence-corrected chi connectivity index (χ2v) is 8.03. The van der Waals surface area contributed by atoms with E-state index in [1.807, 2.05) is 18.2 Å². The van der Waals surface area contributed by atoms with Gasteiger partial charge in [0.2, 0.25) is 11.8 Å². The van der Waals surface area contributed by atoms with Gasteiger partial charge in [0.1, 0.15) is 5.25 Å².